The molecular formula is HCoCuFeIMgMnSeZn. The Labute approximate surface area is 148 Å². The molecule has 0 saturated heterocycles. The maximum atomic E-state index is 0. The zero-order chi connectivity index (χ0) is 0. The summed E-state index contributed by atoms with van der Waals surface area (Å²) in [5.41, 5.74) is 0. The average Bonchev–Trinajstić information content (AvgIpc) is 0. The first kappa shape index (κ1) is 78.6. The molecule has 0 amide bonds. The number of halogens is 1. The van der Waals surface area contributed by atoms with Crippen LogP contribution in [0.1, 0.15) is 0 Å². The fourth-order valence-electron chi connectivity index (χ4n) is 0. The Morgan fingerprint density at radius 1 is 1.00 bits per heavy atom. The molecule has 0 fully saturated rings. The molecule has 0 aliphatic carbocycles. The van der Waals surface area contributed by atoms with Gasteiger partial charge in [-0.2, -0.15) is 0 Å². The van der Waals surface area contributed by atoms with Gasteiger partial charge < -0.3 is 0 Å². The van der Waals surface area contributed by atoms with Crippen LogP contribution in [0.4, 0.5) is 0 Å². The summed E-state index contributed by atoms with van der Waals surface area (Å²) >= 11 is 0. The predicted molar refractivity (Wildman–Crippen MR) is 26.9 cm³/mol. The van der Waals surface area contributed by atoms with Crippen LogP contribution in [0, 0.1) is 0 Å². The molecule has 0 rings (SSSR count). The van der Waals surface area contributed by atoms with Gasteiger partial charge in [0.25, 0.3) is 0 Å². The van der Waals surface area contributed by atoms with Crippen LogP contribution >= 0.6 is 24.0 Å². The van der Waals surface area contributed by atoms with Crippen molar-refractivity contribution in [1.29, 1.82) is 0 Å². The van der Waals surface area contributed by atoms with Crippen molar-refractivity contribution in [3.8, 4) is 0 Å². The summed E-state index contributed by atoms with van der Waals surface area (Å²) in [6.07, 6.45) is 0. The topological polar surface area (TPSA) is 0 Å². The summed E-state index contributed by atoms with van der Waals surface area (Å²) < 4.78 is 0. The third-order valence-corrected chi connectivity index (χ3v) is 0. The zero-order valence-electron chi connectivity index (χ0n) is 3.60. The van der Waals surface area contributed by atoms with Gasteiger partial charge in [0, 0.05) is 128 Å². The Morgan fingerprint density at radius 2 is 1.00 bits per heavy atom. The fraction of sp³-hybridized carbons (Fsp3) is 0. The standard InChI is InChI=1S/Co.Cu.Fe.HI.Mg.Mn.Se.Zn/h;;;1H;;;;. The van der Waals surface area contributed by atoms with Crippen LogP contribution in [0.5, 0.6) is 0 Å². The molecule has 8 heavy (non-hydrogen) atoms. The van der Waals surface area contributed by atoms with Gasteiger partial charge in [-0.05, 0) is 0 Å². The van der Waals surface area contributed by atoms with Crippen molar-refractivity contribution in [2.24, 2.45) is 0 Å². The van der Waals surface area contributed by atoms with E-state index < -0.39 is 0 Å². The van der Waals surface area contributed by atoms with Crippen molar-refractivity contribution >= 4 is 64.1 Å². The van der Waals surface area contributed by atoms with Gasteiger partial charge in [0.15, 0.2) is 0 Å². The molecule has 0 atom stereocenters. The second kappa shape index (κ2) is 60.6. The Kier molecular flexibility index (Phi) is 596. The first-order chi connectivity index (χ1) is 0. The number of hydrogen-bond donors (Lipinski definition) is 0. The van der Waals surface area contributed by atoms with Gasteiger partial charge in [-0.1, -0.05) is 0 Å². The second-order valence-electron chi connectivity index (χ2n) is 0. The summed E-state index contributed by atoms with van der Waals surface area (Å²) in [4.78, 5) is 0. The molecular weight excluding hydrogens is 529 g/mol. The van der Waals surface area contributed by atoms with Gasteiger partial charge >= 0.3 is 0 Å². The molecule has 0 unspecified atom stereocenters. The quantitative estimate of drug-likeness (QED) is 0.302. The van der Waals surface area contributed by atoms with E-state index in [4.69, 9.17) is 0 Å². The van der Waals surface area contributed by atoms with Crippen molar-refractivity contribution in [3.63, 3.8) is 0 Å². The van der Waals surface area contributed by atoms with Gasteiger partial charge in [-0.3, -0.25) is 0 Å². The number of rotatable bonds is 0. The van der Waals surface area contributed by atoms with Crippen LogP contribution in [-0.4, -0.2) is 40.1 Å². The molecule has 0 aromatic heterocycles. The maximum absolute atomic E-state index is 0. The first-order valence-electron chi connectivity index (χ1n) is 0. The summed E-state index contributed by atoms with van der Waals surface area (Å²) in [5, 5.41) is 0. The van der Waals surface area contributed by atoms with Crippen molar-refractivity contribution in [3.05, 3.63) is 0 Å². The van der Waals surface area contributed by atoms with Crippen molar-refractivity contribution < 1.29 is 87.5 Å². The molecule has 53 valence electrons. The van der Waals surface area contributed by atoms with Gasteiger partial charge in [-0.15, -0.1) is 24.0 Å². The number of hydrogen-bond acceptors (Lipinski definition) is 0. The molecule has 0 saturated carbocycles. The molecule has 0 aromatic rings. The van der Waals surface area contributed by atoms with E-state index in [0.717, 1.165) is 0 Å². The molecule has 8 heteroatoms. The molecule has 7 radical (unpaired) electrons. The summed E-state index contributed by atoms with van der Waals surface area (Å²) in [6.45, 7) is 0. The molecule has 0 spiro atoms. The molecule has 0 bridgehead atoms. The average molecular weight is 530 g/mol. The van der Waals surface area contributed by atoms with Crippen molar-refractivity contribution in [2.45, 2.75) is 0 Å². The second-order valence-corrected chi connectivity index (χ2v) is 0. The van der Waals surface area contributed by atoms with Crippen molar-refractivity contribution in [1.82, 2.24) is 0 Å². The fourth-order valence-corrected chi connectivity index (χ4v) is 0. The van der Waals surface area contributed by atoms with Crippen LogP contribution in [0.25, 0.3) is 0 Å². The summed E-state index contributed by atoms with van der Waals surface area (Å²) in [6, 6.07) is 0. The molecule has 0 heterocycles. The van der Waals surface area contributed by atoms with E-state index in [1.807, 2.05) is 0 Å². The van der Waals surface area contributed by atoms with E-state index in [1.54, 1.807) is 0 Å². The monoisotopic (exact) mass is 528 g/mol. The third-order valence-electron chi connectivity index (χ3n) is 0. The van der Waals surface area contributed by atoms with Gasteiger partial charge in [-0.25, -0.2) is 0 Å². The van der Waals surface area contributed by atoms with Gasteiger partial charge in [0.2, 0.25) is 0 Å². The van der Waals surface area contributed by atoms with E-state index in [1.165, 1.54) is 0 Å². The Balaban J connectivity index is 0. The largest absolute Gasteiger partial charge is 0.107 e. The zero-order valence-corrected chi connectivity index (χ0v) is 16.3. The van der Waals surface area contributed by atoms with E-state index in [2.05, 4.69) is 0 Å². The van der Waals surface area contributed by atoms with Crippen LogP contribution in [0.2, 0.25) is 0 Å². The van der Waals surface area contributed by atoms with E-state index >= 15 is 0 Å². The van der Waals surface area contributed by atoms with Gasteiger partial charge in [0.05, 0.1) is 0 Å². The minimum Gasteiger partial charge on any atom is -0.107 e. The molecule has 0 aromatic carbocycles. The van der Waals surface area contributed by atoms with E-state index in [9.17, 15) is 0 Å². The Hall–Kier alpha value is 4.70. The van der Waals surface area contributed by atoms with E-state index in [-0.39, 0.29) is 152 Å². The maximum Gasteiger partial charge on any atom is 0 e. The molecule has 0 aliphatic rings. The third kappa shape index (κ3) is 45.6. The Morgan fingerprint density at radius 3 is 1.00 bits per heavy atom. The van der Waals surface area contributed by atoms with Crippen LogP contribution in [0.15, 0.2) is 0 Å². The van der Waals surface area contributed by atoms with E-state index in [0.29, 0.717) is 0 Å². The minimum absolute atomic E-state index is 0. The first-order valence-corrected chi connectivity index (χ1v) is 0. The minimum atomic E-state index is 0. The summed E-state index contributed by atoms with van der Waals surface area (Å²) in [5.74, 6) is 0. The SMILES string of the molecule is I.[Co].[Cu].[Fe].[Mg].[Mn].[Se].[Zn]. The predicted octanol–water partition coefficient (Wildman–Crippen LogP) is -0.156. The molecule has 0 N–H and O–H groups in total. The van der Waals surface area contributed by atoms with Crippen LogP contribution < -0.4 is 0 Å². The van der Waals surface area contributed by atoms with Crippen LogP contribution in [0.3, 0.4) is 0 Å². The normalized spacial score (nSPS) is 0. The van der Waals surface area contributed by atoms with Crippen LogP contribution in [-0.2, 0) is 87.5 Å². The Bertz CT molecular complexity index is 24.0. The smallest absolute Gasteiger partial charge is 0 e. The van der Waals surface area contributed by atoms with Crippen molar-refractivity contribution in [2.75, 3.05) is 0 Å². The van der Waals surface area contributed by atoms with Gasteiger partial charge in [0.1, 0.15) is 0 Å². The molecule has 0 nitrogen and oxygen atoms in total. The summed E-state index contributed by atoms with van der Waals surface area (Å²) in [7, 11) is 0. The molecule has 0 aliphatic heterocycles.